The molecule has 4 rings (SSSR count). The van der Waals surface area contributed by atoms with Crippen LogP contribution in [0.4, 0.5) is 0 Å². The van der Waals surface area contributed by atoms with E-state index in [1.165, 1.54) is 58.8 Å². The van der Waals surface area contributed by atoms with Crippen molar-refractivity contribution in [2.75, 3.05) is 0 Å². The second kappa shape index (κ2) is 4.97. The zero-order valence-corrected chi connectivity index (χ0v) is 12.5. The van der Waals surface area contributed by atoms with E-state index in [1.807, 2.05) is 11.3 Å². The summed E-state index contributed by atoms with van der Waals surface area (Å²) in [7, 11) is 0. The van der Waals surface area contributed by atoms with Gasteiger partial charge in [0, 0.05) is 16.8 Å². The third kappa shape index (κ3) is 2.00. The van der Waals surface area contributed by atoms with Crippen molar-refractivity contribution >= 4 is 11.3 Å². The second-order valence-corrected chi connectivity index (χ2v) is 7.12. The van der Waals surface area contributed by atoms with E-state index in [4.69, 9.17) is 10.7 Å². The number of benzene rings is 1. The van der Waals surface area contributed by atoms with Crippen molar-refractivity contribution in [3.05, 3.63) is 51.0 Å². The van der Waals surface area contributed by atoms with Gasteiger partial charge in [-0.3, -0.25) is 0 Å². The third-order valence-electron chi connectivity index (χ3n) is 4.68. The minimum atomic E-state index is 0.169. The van der Waals surface area contributed by atoms with Gasteiger partial charge in [-0.2, -0.15) is 0 Å². The van der Waals surface area contributed by atoms with Crippen molar-refractivity contribution in [1.29, 1.82) is 0 Å². The molecule has 1 heterocycles. The van der Waals surface area contributed by atoms with Gasteiger partial charge in [-0.1, -0.05) is 24.3 Å². The van der Waals surface area contributed by atoms with Crippen LogP contribution in [-0.4, -0.2) is 4.98 Å². The fourth-order valence-electron chi connectivity index (χ4n) is 3.63. The van der Waals surface area contributed by atoms with E-state index >= 15 is 0 Å². The van der Waals surface area contributed by atoms with Gasteiger partial charge in [-0.15, -0.1) is 11.3 Å². The molecule has 2 aromatic rings. The summed E-state index contributed by atoms with van der Waals surface area (Å²) in [5, 5.41) is 1.31. The topological polar surface area (TPSA) is 38.9 Å². The molecular formula is C17H20N2S. The molecule has 2 N–H and O–H groups in total. The van der Waals surface area contributed by atoms with E-state index in [1.54, 1.807) is 0 Å². The lowest BCUT2D eigenvalue weighted by atomic mass is 9.83. The van der Waals surface area contributed by atoms with Crippen molar-refractivity contribution in [2.45, 2.75) is 50.5 Å². The molecule has 0 aliphatic heterocycles. The van der Waals surface area contributed by atoms with E-state index < -0.39 is 0 Å². The number of hydrogen-bond acceptors (Lipinski definition) is 3. The van der Waals surface area contributed by atoms with Crippen molar-refractivity contribution in [1.82, 2.24) is 4.98 Å². The van der Waals surface area contributed by atoms with E-state index in [0.29, 0.717) is 5.92 Å². The van der Waals surface area contributed by atoms with E-state index in [2.05, 4.69) is 24.3 Å². The quantitative estimate of drug-likeness (QED) is 0.861. The van der Waals surface area contributed by atoms with Crippen LogP contribution in [0, 0.1) is 0 Å². The van der Waals surface area contributed by atoms with E-state index in [-0.39, 0.29) is 6.04 Å². The zero-order chi connectivity index (χ0) is 13.5. The Bertz CT molecular complexity index is 632. The molecule has 1 aromatic heterocycles. The molecule has 104 valence electrons. The van der Waals surface area contributed by atoms with Gasteiger partial charge in [-0.25, -0.2) is 4.98 Å². The van der Waals surface area contributed by atoms with Gasteiger partial charge in [0.15, 0.2) is 0 Å². The number of nitrogens with zero attached hydrogens (tertiary/aromatic N) is 1. The average molecular weight is 284 g/mol. The highest BCUT2D eigenvalue weighted by Gasteiger charge is 2.28. The fraction of sp³-hybridized carbons (Fsp3) is 0.471. The Kier molecular flexibility index (Phi) is 3.12. The molecule has 2 nitrogen and oxygen atoms in total. The van der Waals surface area contributed by atoms with Crippen molar-refractivity contribution in [3.63, 3.8) is 0 Å². The minimum absolute atomic E-state index is 0.169. The van der Waals surface area contributed by atoms with E-state index in [0.717, 1.165) is 6.42 Å². The summed E-state index contributed by atoms with van der Waals surface area (Å²) < 4.78 is 0. The smallest absolute Gasteiger partial charge is 0.101 e. The molecule has 0 radical (unpaired) electrons. The summed E-state index contributed by atoms with van der Waals surface area (Å²) in [6, 6.07) is 9.06. The van der Waals surface area contributed by atoms with E-state index in [9.17, 15) is 0 Å². The Morgan fingerprint density at radius 3 is 2.85 bits per heavy atom. The van der Waals surface area contributed by atoms with Crippen LogP contribution in [0.2, 0.25) is 0 Å². The Labute approximate surface area is 124 Å². The summed E-state index contributed by atoms with van der Waals surface area (Å²) in [5.74, 6) is 0.503. The summed E-state index contributed by atoms with van der Waals surface area (Å²) >= 11 is 1.92. The van der Waals surface area contributed by atoms with Crippen molar-refractivity contribution in [3.8, 4) is 0 Å². The van der Waals surface area contributed by atoms with Gasteiger partial charge in [0.25, 0.3) is 0 Å². The molecule has 2 aliphatic rings. The fourth-order valence-corrected chi connectivity index (χ4v) is 4.96. The summed E-state index contributed by atoms with van der Waals surface area (Å²) in [6.07, 6.45) is 7.22. The lowest BCUT2D eigenvalue weighted by Gasteiger charge is -2.23. The highest BCUT2D eigenvalue weighted by molar-refractivity contribution is 7.11. The first kappa shape index (κ1) is 12.5. The van der Waals surface area contributed by atoms with Gasteiger partial charge >= 0.3 is 0 Å². The number of aryl methyl sites for hydroxylation is 2. The third-order valence-corrected chi connectivity index (χ3v) is 5.93. The first-order valence-electron chi connectivity index (χ1n) is 7.66. The molecule has 0 spiro atoms. The number of fused-ring (bicyclic) bond motifs is 2. The molecule has 20 heavy (non-hydrogen) atoms. The van der Waals surface area contributed by atoms with Gasteiger partial charge in [-0.05, 0) is 49.7 Å². The zero-order valence-electron chi connectivity index (χ0n) is 11.6. The molecule has 0 saturated heterocycles. The number of aromatic nitrogens is 1. The first-order valence-corrected chi connectivity index (χ1v) is 8.47. The summed E-state index contributed by atoms with van der Waals surface area (Å²) in [5.41, 5.74) is 10.4. The van der Waals surface area contributed by atoms with Gasteiger partial charge in [0.05, 0.1) is 5.69 Å². The number of hydrogen-bond donors (Lipinski definition) is 1. The Morgan fingerprint density at radius 2 is 1.95 bits per heavy atom. The average Bonchev–Trinajstić information content (AvgIpc) is 2.92. The van der Waals surface area contributed by atoms with Crippen LogP contribution >= 0.6 is 11.3 Å². The van der Waals surface area contributed by atoms with Crippen molar-refractivity contribution < 1.29 is 0 Å². The maximum atomic E-state index is 6.23. The summed E-state index contributed by atoms with van der Waals surface area (Å²) in [4.78, 5) is 6.39. The van der Waals surface area contributed by atoms with Crippen LogP contribution in [0.25, 0.3) is 0 Å². The van der Waals surface area contributed by atoms with Gasteiger partial charge < -0.3 is 5.73 Å². The van der Waals surface area contributed by atoms with Crippen LogP contribution in [0.5, 0.6) is 0 Å². The molecule has 2 atom stereocenters. The van der Waals surface area contributed by atoms with Gasteiger partial charge in [0.2, 0.25) is 0 Å². The second-order valence-electron chi connectivity index (χ2n) is 6.00. The predicted octanol–water partition coefficient (Wildman–Crippen LogP) is 3.95. The van der Waals surface area contributed by atoms with Crippen molar-refractivity contribution in [2.24, 2.45) is 5.73 Å². The van der Waals surface area contributed by atoms with Gasteiger partial charge in [0.1, 0.15) is 5.01 Å². The molecule has 0 bridgehead atoms. The molecule has 3 heteroatoms. The highest BCUT2D eigenvalue weighted by atomic mass is 32.1. The molecule has 0 amide bonds. The molecule has 2 unspecified atom stereocenters. The Hall–Kier alpha value is -1.19. The molecule has 2 aliphatic carbocycles. The molecule has 0 fully saturated rings. The van der Waals surface area contributed by atoms with Crippen LogP contribution in [-0.2, 0) is 12.8 Å². The molecule has 1 aromatic carbocycles. The largest absolute Gasteiger partial charge is 0.323 e. The monoisotopic (exact) mass is 284 g/mol. The lowest BCUT2D eigenvalue weighted by Crippen LogP contribution is -2.17. The van der Waals surface area contributed by atoms with Crippen LogP contribution in [0.3, 0.4) is 0 Å². The van der Waals surface area contributed by atoms with Crippen LogP contribution < -0.4 is 5.73 Å². The highest BCUT2D eigenvalue weighted by Crippen LogP contribution is 2.41. The molecular weight excluding hydrogens is 264 g/mol. The number of rotatable bonds is 1. The Balaban J connectivity index is 1.76. The standard InChI is InChI=1S/C17H20N2S/c18-14-9-4-10-15-16(14)19-17(20-15)13-8-3-6-11-5-1-2-7-12(11)13/h1-2,5,7,13-14H,3-4,6,8-10,18H2. The Morgan fingerprint density at radius 1 is 1.10 bits per heavy atom. The normalized spacial score (nSPS) is 25.1. The minimum Gasteiger partial charge on any atom is -0.323 e. The maximum absolute atomic E-state index is 6.23. The SMILES string of the molecule is NC1CCCc2sc(C3CCCc4ccccc43)nc21. The number of nitrogens with two attached hydrogens (primary N) is 1. The predicted molar refractivity (Wildman–Crippen MR) is 83.2 cm³/mol. The molecule has 0 saturated carbocycles. The van der Waals surface area contributed by atoms with Crippen LogP contribution in [0.1, 0.15) is 64.3 Å². The summed E-state index contributed by atoms with van der Waals surface area (Å²) in [6.45, 7) is 0. The first-order chi connectivity index (χ1) is 9.83. The lowest BCUT2D eigenvalue weighted by molar-refractivity contribution is 0.557. The maximum Gasteiger partial charge on any atom is 0.101 e. The number of thiazole rings is 1. The van der Waals surface area contributed by atoms with Crippen LogP contribution in [0.15, 0.2) is 24.3 Å².